The molecule has 0 aromatic rings. The monoisotopic (exact) mass is 164 g/mol. The molecule has 1 fully saturated rings. The van der Waals surface area contributed by atoms with Crippen molar-refractivity contribution in [2.24, 2.45) is 5.92 Å². The van der Waals surface area contributed by atoms with Gasteiger partial charge in [0.15, 0.2) is 0 Å². The normalized spacial score (nSPS) is 30.2. The van der Waals surface area contributed by atoms with Crippen LogP contribution in [0.4, 0.5) is 0 Å². The lowest BCUT2D eigenvalue weighted by Crippen LogP contribution is -2.29. The molecule has 0 aromatic carbocycles. The van der Waals surface area contributed by atoms with Crippen LogP contribution >= 0.6 is 0 Å². The number of rotatable bonds is 3. The minimum Gasteiger partial charge on any atom is -0.393 e. The second-order valence-corrected chi connectivity index (χ2v) is 3.37. The fourth-order valence-corrected chi connectivity index (χ4v) is 1.61. The third-order valence-electron chi connectivity index (χ3n) is 2.53. The molecule has 12 heavy (non-hydrogen) atoms. The molecule has 1 nitrogen and oxygen atoms in total. The second-order valence-electron chi connectivity index (χ2n) is 3.37. The van der Waals surface area contributed by atoms with E-state index in [1.54, 1.807) is 0 Å². The van der Waals surface area contributed by atoms with Gasteiger partial charge in [-0.25, -0.2) is 0 Å². The highest BCUT2D eigenvalue weighted by Gasteiger charge is 2.29. The summed E-state index contributed by atoms with van der Waals surface area (Å²) in [5.41, 5.74) is 2.43. The minimum absolute atomic E-state index is 0.0948. The summed E-state index contributed by atoms with van der Waals surface area (Å²) >= 11 is 0. The zero-order valence-corrected chi connectivity index (χ0v) is 7.59. The second kappa shape index (κ2) is 3.72. The van der Waals surface area contributed by atoms with Crippen molar-refractivity contribution < 1.29 is 5.11 Å². The Balaban J connectivity index is 2.70. The molecule has 1 rings (SSSR count). The van der Waals surface area contributed by atoms with Crippen molar-refractivity contribution in [3.05, 3.63) is 36.5 Å². The zero-order chi connectivity index (χ0) is 9.14. The van der Waals surface area contributed by atoms with Gasteiger partial charge >= 0.3 is 0 Å². The van der Waals surface area contributed by atoms with Crippen LogP contribution in [0.1, 0.15) is 19.8 Å². The lowest BCUT2D eigenvalue weighted by atomic mass is 9.76. The molecular formula is C11H16O. The maximum absolute atomic E-state index is 9.13. The largest absolute Gasteiger partial charge is 0.393 e. The van der Waals surface area contributed by atoms with E-state index in [0.717, 1.165) is 12.8 Å². The number of aliphatic hydroxyl groups is 1. The third kappa shape index (κ3) is 1.67. The summed E-state index contributed by atoms with van der Waals surface area (Å²) < 4.78 is 0. The van der Waals surface area contributed by atoms with E-state index in [1.807, 2.05) is 19.1 Å². The minimum atomic E-state index is -0.0948. The molecule has 0 unspecified atom stereocenters. The quantitative estimate of drug-likeness (QED) is 0.635. The summed E-state index contributed by atoms with van der Waals surface area (Å²) in [6, 6.07) is 0. The molecule has 1 aliphatic rings. The van der Waals surface area contributed by atoms with Gasteiger partial charge in [-0.3, -0.25) is 0 Å². The molecule has 0 bridgehead atoms. The van der Waals surface area contributed by atoms with Gasteiger partial charge in [-0.2, -0.15) is 0 Å². The van der Waals surface area contributed by atoms with E-state index in [-0.39, 0.29) is 6.10 Å². The van der Waals surface area contributed by atoms with Crippen molar-refractivity contribution in [3.8, 4) is 0 Å². The maximum Gasteiger partial charge on any atom is 0.0552 e. The van der Waals surface area contributed by atoms with Gasteiger partial charge in [0, 0.05) is 0 Å². The summed E-state index contributed by atoms with van der Waals surface area (Å²) in [6.07, 6.45) is 5.40. The number of aliphatic hydroxyl groups excluding tert-OH is 1. The van der Waals surface area contributed by atoms with Crippen LogP contribution in [-0.2, 0) is 0 Å². The van der Waals surface area contributed by atoms with Crippen LogP contribution in [0.5, 0.6) is 0 Å². The highest BCUT2D eigenvalue weighted by atomic mass is 16.3. The van der Waals surface area contributed by atoms with Gasteiger partial charge in [0.1, 0.15) is 0 Å². The van der Waals surface area contributed by atoms with Crippen molar-refractivity contribution >= 4 is 0 Å². The summed E-state index contributed by atoms with van der Waals surface area (Å²) in [7, 11) is 0. The highest BCUT2D eigenvalue weighted by molar-refractivity contribution is 5.33. The van der Waals surface area contributed by atoms with Crippen LogP contribution in [0.15, 0.2) is 36.5 Å². The van der Waals surface area contributed by atoms with E-state index in [9.17, 15) is 0 Å². The Morgan fingerprint density at radius 3 is 2.25 bits per heavy atom. The van der Waals surface area contributed by atoms with Crippen molar-refractivity contribution in [2.75, 3.05) is 0 Å². The summed E-state index contributed by atoms with van der Waals surface area (Å²) in [6.45, 7) is 9.53. The molecule has 0 saturated heterocycles. The van der Waals surface area contributed by atoms with Crippen LogP contribution < -0.4 is 0 Å². The van der Waals surface area contributed by atoms with E-state index in [4.69, 9.17) is 5.11 Å². The first-order valence-electron chi connectivity index (χ1n) is 4.32. The average Bonchev–Trinajstić information content (AvgIpc) is 2.02. The number of allylic oxidation sites excluding steroid dienone is 4. The lowest BCUT2D eigenvalue weighted by molar-refractivity contribution is 0.0594. The van der Waals surface area contributed by atoms with Gasteiger partial charge < -0.3 is 5.11 Å². The average molecular weight is 164 g/mol. The molecule has 0 radical (unpaired) electrons. The van der Waals surface area contributed by atoms with Crippen LogP contribution in [0.25, 0.3) is 0 Å². The van der Waals surface area contributed by atoms with E-state index in [1.165, 1.54) is 11.1 Å². The first-order valence-corrected chi connectivity index (χ1v) is 4.32. The Labute approximate surface area is 74.1 Å². The standard InChI is InChI=1S/C11H16O/c1-4-8(3)11(5-2)9-6-10(12)7-9/h4-5,9-10,12H,1-2,6-7H2,3H3/b11-8+. The fourth-order valence-electron chi connectivity index (χ4n) is 1.61. The smallest absolute Gasteiger partial charge is 0.0552 e. The summed E-state index contributed by atoms with van der Waals surface area (Å²) in [5.74, 6) is 0.510. The third-order valence-corrected chi connectivity index (χ3v) is 2.53. The van der Waals surface area contributed by atoms with Gasteiger partial charge in [-0.15, -0.1) is 0 Å². The van der Waals surface area contributed by atoms with Crippen LogP contribution in [-0.4, -0.2) is 11.2 Å². The molecule has 1 N–H and O–H groups in total. The number of hydrogen-bond acceptors (Lipinski definition) is 1. The number of hydrogen-bond donors (Lipinski definition) is 1. The molecule has 0 aliphatic heterocycles. The summed E-state index contributed by atoms with van der Waals surface area (Å²) in [4.78, 5) is 0. The first kappa shape index (κ1) is 9.27. The molecule has 1 heteroatoms. The Kier molecular flexibility index (Phi) is 2.88. The topological polar surface area (TPSA) is 20.2 Å². The molecule has 0 amide bonds. The zero-order valence-electron chi connectivity index (χ0n) is 7.59. The van der Waals surface area contributed by atoms with E-state index >= 15 is 0 Å². The molecule has 0 atom stereocenters. The predicted octanol–water partition coefficient (Wildman–Crippen LogP) is 2.45. The molecule has 0 aromatic heterocycles. The van der Waals surface area contributed by atoms with Gasteiger partial charge in [-0.1, -0.05) is 25.3 Å². The molecule has 1 saturated carbocycles. The Hall–Kier alpha value is -0.820. The van der Waals surface area contributed by atoms with E-state index in [2.05, 4.69) is 13.2 Å². The Morgan fingerprint density at radius 2 is 1.92 bits per heavy atom. The molecule has 0 heterocycles. The van der Waals surface area contributed by atoms with E-state index < -0.39 is 0 Å². The fraction of sp³-hybridized carbons (Fsp3) is 0.455. The van der Waals surface area contributed by atoms with Crippen molar-refractivity contribution in [2.45, 2.75) is 25.9 Å². The lowest BCUT2D eigenvalue weighted by Gasteiger charge is -2.33. The highest BCUT2D eigenvalue weighted by Crippen LogP contribution is 2.35. The van der Waals surface area contributed by atoms with Gasteiger partial charge in [-0.05, 0) is 36.8 Å². The molecule has 66 valence electrons. The van der Waals surface area contributed by atoms with Crippen LogP contribution in [0.3, 0.4) is 0 Å². The molecule has 0 spiro atoms. The van der Waals surface area contributed by atoms with Crippen molar-refractivity contribution in [3.63, 3.8) is 0 Å². The Bertz CT molecular complexity index is 219. The van der Waals surface area contributed by atoms with Gasteiger partial charge in [0.05, 0.1) is 6.10 Å². The SMILES string of the molecule is C=C/C(C)=C(\C=C)C1CC(O)C1. The first-order chi connectivity index (χ1) is 5.69. The van der Waals surface area contributed by atoms with E-state index in [0.29, 0.717) is 5.92 Å². The van der Waals surface area contributed by atoms with Gasteiger partial charge in [0.25, 0.3) is 0 Å². The van der Waals surface area contributed by atoms with Crippen molar-refractivity contribution in [1.82, 2.24) is 0 Å². The van der Waals surface area contributed by atoms with Gasteiger partial charge in [0.2, 0.25) is 0 Å². The Morgan fingerprint density at radius 1 is 1.33 bits per heavy atom. The van der Waals surface area contributed by atoms with Crippen molar-refractivity contribution in [1.29, 1.82) is 0 Å². The molecule has 1 aliphatic carbocycles. The summed E-state index contributed by atoms with van der Waals surface area (Å²) in [5, 5.41) is 9.13. The van der Waals surface area contributed by atoms with Crippen LogP contribution in [0, 0.1) is 5.92 Å². The van der Waals surface area contributed by atoms with Crippen LogP contribution in [0.2, 0.25) is 0 Å². The molecular weight excluding hydrogens is 148 g/mol. The maximum atomic E-state index is 9.13. The predicted molar refractivity (Wildman–Crippen MR) is 51.8 cm³/mol.